The van der Waals surface area contributed by atoms with Crippen LogP contribution in [-0.4, -0.2) is 13.2 Å². The molecule has 1 heteroatoms. The molecule has 0 radical (unpaired) electrons. The van der Waals surface area contributed by atoms with E-state index in [1.807, 2.05) is 7.11 Å². The quantitative estimate of drug-likeness (QED) is 0.648. The molecule has 1 aliphatic carbocycles. The van der Waals surface area contributed by atoms with Gasteiger partial charge in [0, 0.05) is 7.11 Å². The van der Waals surface area contributed by atoms with Crippen molar-refractivity contribution in [3.05, 3.63) is 0 Å². The van der Waals surface area contributed by atoms with E-state index >= 15 is 0 Å². The van der Waals surface area contributed by atoms with Crippen LogP contribution in [0.15, 0.2) is 0 Å². The molecule has 3 atom stereocenters. The molecule has 0 amide bonds. The maximum atomic E-state index is 5.50. The molecular formula is C12H24O. The molecule has 0 aromatic rings. The molecule has 0 saturated heterocycles. The lowest BCUT2D eigenvalue weighted by atomic mass is 9.77. The Morgan fingerprint density at radius 1 is 1.08 bits per heavy atom. The summed E-state index contributed by atoms with van der Waals surface area (Å²) in [5, 5.41) is 0. The number of hydrogen-bond acceptors (Lipinski definition) is 1. The van der Waals surface area contributed by atoms with Crippen LogP contribution in [0, 0.1) is 11.8 Å². The minimum Gasteiger partial charge on any atom is -0.381 e. The van der Waals surface area contributed by atoms with Crippen LogP contribution in [0.25, 0.3) is 0 Å². The van der Waals surface area contributed by atoms with Crippen LogP contribution in [0.3, 0.4) is 0 Å². The summed E-state index contributed by atoms with van der Waals surface area (Å²) in [6.07, 6.45) is 8.67. The van der Waals surface area contributed by atoms with E-state index in [1.54, 1.807) is 0 Å². The Balaban J connectivity index is 2.39. The van der Waals surface area contributed by atoms with E-state index < -0.39 is 0 Å². The van der Waals surface area contributed by atoms with Crippen LogP contribution >= 0.6 is 0 Å². The van der Waals surface area contributed by atoms with Gasteiger partial charge in [-0.25, -0.2) is 0 Å². The summed E-state index contributed by atoms with van der Waals surface area (Å²) < 4.78 is 5.50. The van der Waals surface area contributed by atoms with E-state index in [0.29, 0.717) is 6.10 Å². The molecule has 0 aliphatic heterocycles. The van der Waals surface area contributed by atoms with Crippen molar-refractivity contribution in [2.24, 2.45) is 11.8 Å². The highest BCUT2D eigenvalue weighted by atomic mass is 16.5. The second-order valence-corrected chi connectivity index (χ2v) is 4.49. The van der Waals surface area contributed by atoms with Crippen LogP contribution in [0.1, 0.15) is 52.4 Å². The van der Waals surface area contributed by atoms with Crippen molar-refractivity contribution in [1.29, 1.82) is 0 Å². The standard InChI is InChI=1S/C12H24O/c1-4-6-11-7-10(5-2)8-12(9-11)13-3/h10-12H,4-9H2,1-3H3/t10?,11-,12+/m1/s1. The summed E-state index contributed by atoms with van der Waals surface area (Å²) in [7, 11) is 1.87. The topological polar surface area (TPSA) is 9.23 Å². The Morgan fingerprint density at radius 2 is 1.77 bits per heavy atom. The van der Waals surface area contributed by atoms with E-state index in [2.05, 4.69) is 13.8 Å². The number of methoxy groups -OCH3 is 1. The Hall–Kier alpha value is -0.0400. The summed E-state index contributed by atoms with van der Waals surface area (Å²) in [5.74, 6) is 1.86. The molecule has 1 saturated carbocycles. The van der Waals surface area contributed by atoms with Gasteiger partial charge in [-0.3, -0.25) is 0 Å². The lowest BCUT2D eigenvalue weighted by Gasteiger charge is -2.33. The summed E-state index contributed by atoms with van der Waals surface area (Å²) >= 11 is 0. The van der Waals surface area contributed by atoms with E-state index in [0.717, 1.165) is 11.8 Å². The van der Waals surface area contributed by atoms with E-state index in [-0.39, 0.29) is 0 Å². The van der Waals surface area contributed by atoms with Gasteiger partial charge in [0.05, 0.1) is 6.10 Å². The van der Waals surface area contributed by atoms with Crippen LogP contribution in [0.4, 0.5) is 0 Å². The van der Waals surface area contributed by atoms with Crippen LogP contribution < -0.4 is 0 Å². The maximum absolute atomic E-state index is 5.50. The lowest BCUT2D eigenvalue weighted by Crippen LogP contribution is -2.27. The fourth-order valence-electron chi connectivity index (χ4n) is 2.67. The first kappa shape index (κ1) is 11.0. The highest BCUT2D eigenvalue weighted by molar-refractivity contribution is 4.78. The molecule has 0 spiro atoms. The van der Waals surface area contributed by atoms with Crippen molar-refractivity contribution in [3.8, 4) is 0 Å². The largest absolute Gasteiger partial charge is 0.381 e. The molecule has 1 aliphatic rings. The highest BCUT2D eigenvalue weighted by Crippen LogP contribution is 2.34. The average molecular weight is 184 g/mol. The number of ether oxygens (including phenoxy) is 1. The van der Waals surface area contributed by atoms with Gasteiger partial charge < -0.3 is 4.74 Å². The predicted molar refractivity (Wildman–Crippen MR) is 56.8 cm³/mol. The normalized spacial score (nSPS) is 34.8. The second kappa shape index (κ2) is 5.64. The zero-order chi connectivity index (χ0) is 9.68. The van der Waals surface area contributed by atoms with Crippen molar-refractivity contribution in [2.45, 2.75) is 58.5 Å². The van der Waals surface area contributed by atoms with Crippen molar-refractivity contribution in [3.63, 3.8) is 0 Å². The molecular weight excluding hydrogens is 160 g/mol. The van der Waals surface area contributed by atoms with Gasteiger partial charge in [-0.15, -0.1) is 0 Å². The minimum absolute atomic E-state index is 0.551. The molecule has 1 rings (SSSR count). The monoisotopic (exact) mass is 184 g/mol. The molecule has 0 aromatic heterocycles. The predicted octanol–water partition coefficient (Wildman–Crippen LogP) is 3.63. The van der Waals surface area contributed by atoms with Gasteiger partial charge in [-0.1, -0.05) is 33.1 Å². The van der Waals surface area contributed by atoms with Gasteiger partial charge in [0.25, 0.3) is 0 Å². The van der Waals surface area contributed by atoms with E-state index in [9.17, 15) is 0 Å². The zero-order valence-electron chi connectivity index (χ0n) is 9.38. The first-order valence-electron chi connectivity index (χ1n) is 5.82. The van der Waals surface area contributed by atoms with Crippen LogP contribution in [-0.2, 0) is 4.74 Å². The molecule has 0 aromatic carbocycles. The van der Waals surface area contributed by atoms with Crippen molar-refractivity contribution in [2.75, 3.05) is 7.11 Å². The van der Waals surface area contributed by atoms with Crippen LogP contribution in [0.2, 0.25) is 0 Å². The third kappa shape index (κ3) is 3.30. The van der Waals surface area contributed by atoms with Crippen LogP contribution in [0.5, 0.6) is 0 Å². The fraction of sp³-hybridized carbons (Fsp3) is 1.00. The second-order valence-electron chi connectivity index (χ2n) is 4.49. The van der Waals surface area contributed by atoms with Crippen molar-refractivity contribution < 1.29 is 4.74 Å². The highest BCUT2D eigenvalue weighted by Gasteiger charge is 2.26. The first-order chi connectivity index (χ1) is 6.30. The molecule has 0 bridgehead atoms. The van der Waals surface area contributed by atoms with Crippen molar-refractivity contribution >= 4 is 0 Å². The minimum atomic E-state index is 0.551. The van der Waals surface area contributed by atoms with E-state index in [4.69, 9.17) is 4.74 Å². The molecule has 1 fully saturated rings. The summed E-state index contributed by atoms with van der Waals surface area (Å²) in [6.45, 7) is 4.60. The van der Waals surface area contributed by atoms with Gasteiger partial charge in [0.2, 0.25) is 0 Å². The zero-order valence-corrected chi connectivity index (χ0v) is 9.38. The first-order valence-corrected chi connectivity index (χ1v) is 5.82. The fourth-order valence-corrected chi connectivity index (χ4v) is 2.67. The summed E-state index contributed by atoms with van der Waals surface area (Å²) in [5.41, 5.74) is 0. The SMILES string of the molecule is CCC[C@@H]1CC(CC)C[C@H](OC)C1. The number of hydrogen-bond donors (Lipinski definition) is 0. The molecule has 1 nitrogen and oxygen atoms in total. The van der Waals surface area contributed by atoms with Gasteiger partial charge in [0.1, 0.15) is 0 Å². The Labute approximate surface area is 82.9 Å². The van der Waals surface area contributed by atoms with Gasteiger partial charge >= 0.3 is 0 Å². The molecule has 78 valence electrons. The maximum Gasteiger partial charge on any atom is 0.0576 e. The lowest BCUT2D eigenvalue weighted by molar-refractivity contribution is 0.0252. The smallest absolute Gasteiger partial charge is 0.0576 e. The Bertz CT molecular complexity index is 121. The molecule has 13 heavy (non-hydrogen) atoms. The van der Waals surface area contributed by atoms with Gasteiger partial charge in [-0.05, 0) is 31.1 Å². The van der Waals surface area contributed by atoms with Gasteiger partial charge in [0.15, 0.2) is 0 Å². The van der Waals surface area contributed by atoms with Gasteiger partial charge in [-0.2, -0.15) is 0 Å². The average Bonchev–Trinajstić information content (AvgIpc) is 2.17. The van der Waals surface area contributed by atoms with Crippen molar-refractivity contribution in [1.82, 2.24) is 0 Å². The molecule has 0 N–H and O–H groups in total. The molecule has 1 unspecified atom stereocenters. The molecule has 0 heterocycles. The summed E-state index contributed by atoms with van der Waals surface area (Å²) in [6, 6.07) is 0. The summed E-state index contributed by atoms with van der Waals surface area (Å²) in [4.78, 5) is 0. The third-order valence-corrected chi connectivity index (χ3v) is 3.47. The Kier molecular flexibility index (Phi) is 4.79. The Morgan fingerprint density at radius 3 is 2.31 bits per heavy atom. The number of rotatable bonds is 4. The third-order valence-electron chi connectivity index (χ3n) is 3.47. The van der Waals surface area contributed by atoms with E-state index in [1.165, 1.54) is 38.5 Å².